The molecule has 1 aliphatic heterocycles. The number of halogens is 2. The van der Waals surface area contributed by atoms with E-state index in [0.717, 1.165) is 10.9 Å². The largest absolute Gasteiger partial charge is 0.330 e. The molecule has 19 heavy (non-hydrogen) atoms. The second-order valence-corrected chi connectivity index (χ2v) is 7.72. The zero-order chi connectivity index (χ0) is 13.4. The third kappa shape index (κ3) is 3.46. The van der Waals surface area contributed by atoms with E-state index in [9.17, 15) is 8.42 Å². The van der Waals surface area contributed by atoms with Gasteiger partial charge in [-0.2, -0.15) is 4.31 Å². The summed E-state index contributed by atoms with van der Waals surface area (Å²) in [6, 6.07) is 3.19. The van der Waals surface area contributed by atoms with E-state index < -0.39 is 10.0 Å². The lowest BCUT2D eigenvalue weighted by Gasteiger charge is -2.22. The van der Waals surface area contributed by atoms with E-state index in [4.69, 9.17) is 5.73 Å². The van der Waals surface area contributed by atoms with Gasteiger partial charge in [-0.05, 0) is 46.4 Å². The van der Waals surface area contributed by atoms with Crippen molar-refractivity contribution in [3.8, 4) is 0 Å². The number of rotatable bonds is 3. The zero-order valence-corrected chi connectivity index (χ0v) is 13.8. The van der Waals surface area contributed by atoms with Gasteiger partial charge >= 0.3 is 0 Å². The van der Waals surface area contributed by atoms with Gasteiger partial charge in [-0.15, -0.1) is 12.4 Å². The Morgan fingerprint density at radius 1 is 1.53 bits per heavy atom. The first-order chi connectivity index (χ1) is 8.37. The smallest absolute Gasteiger partial charge is 0.260 e. The quantitative estimate of drug-likeness (QED) is 0.877. The maximum Gasteiger partial charge on any atom is 0.260 e. The van der Waals surface area contributed by atoms with Crippen molar-refractivity contribution in [3.63, 3.8) is 0 Å². The summed E-state index contributed by atoms with van der Waals surface area (Å²) < 4.78 is 26.9. The van der Waals surface area contributed by atoms with E-state index in [0.29, 0.717) is 19.6 Å². The molecule has 1 unspecified atom stereocenters. The van der Waals surface area contributed by atoms with Gasteiger partial charge in [0.05, 0.1) is 0 Å². The number of sulfonamides is 1. The Kier molecular flexibility index (Phi) is 5.36. The van der Waals surface area contributed by atoms with E-state index in [1.165, 1.54) is 16.6 Å². The average molecular weight is 371 g/mol. The Labute approximate surface area is 128 Å². The Bertz CT molecular complexity index is 537. The van der Waals surface area contributed by atoms with Crippen molar-refractivity contribution < 1.29 is 8.42 Å². The number of nitrogens with zero attached hydrogens (tertiary/aromatic N) is 2. The van der Waals surface area contributed by atoms with Crippen LogP contribution in [0.25, 0.3) is 0 Å². The van der Waals surface area contributed by atoms with Crippen molar-refractivity contribution >= 4 is 38.4 Å². The second kappa shape index (κ2) is 6.05. The molecule has 1 saturated heterocycles. The Hall–Kier alpha value is -0.210. The summed E-state index contributed by atoms with van der Waals surface area (Å²) in [5.74, 6) is 0. The first-order valence-electron chi connectivity index (χ1n) is 5.69. The molecule has 2 N–H and O–H groups in total. The molecule has 1 aromatic heterocycles. The Balaban J connectivity index is 0.00000180. The molecule has 2 heterocycles. The highest BCUT2D eigenvalue weighted by Gasteiger charge is 2.39. The van der Waals surface area contributed by atoms with Gasteiger partial charge in [-0.25, -0.2) is 13.4 Å². The maximum atomic E-state index is 12.4. The third-order valence-corrected chi connectivity index (χ3v) is 5.55. The lowest BCUT2D eigenvalue weighted by Crippen LogP contribution is -2.34. The van der Waals surface area contributed by atoms with Crippen LogP contribution in [0.1, 0.15) is 13.3 Å². The van der Waals surface area contributed by atoms with E-state index in [2.05, 4.69) is 20.9 Å². The molecule has 0 amide bonds. The fraction of sp³-hybridized carbons (Fsp3) is 0.545. The molecule has 0 spiro atoms. The van der Waals surface area contributed by atoms with Gasteiger partial charge in [-0.1, -0.05) is 6.92 Å². The molecule has 0 aliphatic carbocycles. The first-order valence-corrected chi connectivity index (χ1v) is 7.92. The lowest BCUT2D eigenvalue weighted by atomic mass is 9.90. The second-order valence-electron chi connectivity index (χ2n) is 4.92. The number of aromatic nitrogens is 1. The highest BCUT2D eigenvalue weighted by atomic mass is 79.9. The predicted molar refractivity (Wildman–Crippen MR) is 79.7 cm³/mol. The van der Waals surface area contributed by atoms with Gasteiger partial charge in [-0.3, -0.25) is 0 Å². The van der Waals surface area contributed by atoms with Crippen LogP contribution in [0, 0.1) is 5.41 Å². The van der Waals surface area contributed by atoms with Crippen molar-refractivity contribution in [2.75, 3.05) is 19.6 Å². The summed E-state index contributed by atoms with van der Waals surface area (Å²) in [6.07, 6.45) is 2.28. The molecular formula is C11H17BrClN3O2S. The zero-order valence-electron chi connectivity index (χ0n) is 10.5. The third-order valence-electron chi connectivity index (χ3n) is 3.32. The maximum absolute atomic E-state index is 12.4. The normalized spacial score (nSPS) is 24.2. The van der Waals surface area contributed by atoms with Gasteiger partial charge in [0.2, 0.25) is 0 Å². The highest BCUT2D eigenvalue weighted by molar-refractivity contribution is 9.10. The predicted octanol–water partition coefficient (Wildman–Crippen LogP) is 1.63. The lowest BCUT2D eigenvalue weighted by molar-refractivity contribution is 0.349. The molecule has 2 rings (SSSR count). The van der Waals surface area contributed by atoms with Crippen LogP contribution < -0.4 is 5.73 Å². The van der Waals surface area contributed by atoms with Crippen molar-refractivity contribution in [1.82, 2.24) is 9.29 Å². The van der Waals surface area contributed by atoms with Crippen molar-refractivity contribution in [3.05, 3.63) is 22.8 Å². The average Bonchev–Trinajstić information content (AvgIpc) is 2.74. The molecule has 0 bridgehead atoms. The minimum Gasteiger partial charge on any atom is -0.330 e. The van der Waals surface area contributed by atoms with E-state index in [-0.39, 0.29) is 22.8 Å². The summed E-state index contributed by atoms with van der Waals surface area (Å²) in [4.78, 5) is 3.96. The monoisotopic (exact) mass is 369 g/mol. The number of pyridine rings is 1. The van der Waals surface area contributed by atoms with Crippen LogP contribution in [0.3, 0.4) is 0 Å². The Morgan fingerprint density at radius 2 is 2.21 bits per heavy atom. The molecule has 1 aromatic rings. The summed E-state index contributed by atoms with van der Waals surface area (Å²) in [6.45, 7) is 3.47. The molecule has 1 fully saturated rings. The fourth-order valence-corrected chi connectivity index (χ4v) is 3.74. The Morgan fingerprint density at radius 3 is 2.68 bits per heavy atom. The number of nitrogens with two attached hydrogens (primary N) is 1. The summed E-state index contributed by atoms with van der Waals surface area (Å²) in [5, 5.41) is 0.0898. The van der Waals surface area contributed by atoms with Gasteiger partial charge < -0.3 is 5.73 Å². The van der Waals surface area contributed by atoms with E-state index >= 15 is 0 Å². The van der Waals surface area contributed by atoms with E-state index in [1.807, 2.05) is 6.92 Å². The topological polar surface area (TPSA) is 76.3 Å². The van der Waals surface area contributed by atoms with Crippen LogP contribution in [0.5, 0.6) is 0 Å². The van der Waals surface area contributed by atoms with Crippen LogP contribution in [-0.2, 0) is 10.0 Å². The molecule has 0 saturated carbocycles. The molecule has 0 aromatic carbocycles. The standard InChI is InChI=1S/C11H16BrN3O2S.ClH/c1-11(7-13)4-5-15(8-11)18(16,17)10-3-2-9(12)6-14-10;/h2-3,6H,4-5,7-8,13H2,1H3;1H. The van der Waals surface area contributed by atoms with Crippen molar-refractivity contribution in [1.29, 1.82) is 0 Å². The molecule has 5 nitrogen and oxygen atoms in total. The summed E-state index contributed by atoms with van der Waals surface area (Å²) in [5.41, 5.74) is 5.57. The van der Waals surface area contributed by atoms with Crippen LogP contribution in [0.2, 0.25) is 0 Å². The number of hydrogen-bond donors (Lipinski definition) is 1. The minimum absolute atomic E-state index is 0. The molecular weight excluding hydrogens is 354 g/mol. The highest BCUT2D eigenvalue weighted by Crippen LogP contribution is 2.32. The summed E-state index contributed by atoms with van der Waals surface area (Å²) >= 11 is 3.24. The fourth-order valence-electron chi connectivity index (χ4n) is 2.00. The minimum atomic E-state index is -3.49. The van der Waals surface area contributed by atoms with Crippen LogP contribution in [0.15, 0.2) is 27.8 Å². The molecule has 0 radical (unpaired) electrons. The van der Waals surface area contributed by atoms with Gasteiger partial charge in [0, 0.05) is 23.8 Å². The molecule has 108 valence electrons. The molecule has 1 atom stereocenters. The van der Waals surface area contributed by atoms with Gasteiger partial charge in [0.25, 0.3) is 10.0 Å². The SMILES string of the molecule is CC1(CN)CCN(S(=O)(=O)c2ccc(Br)cn2)C1.Cl. The van der Waals surface area contributed by atoms with Crippen molar-refractivity contribution in [2.24, 2.45) is 11.1 Å². The van der Waals surface area contributed by atoms with E-state index in [1.54, 1.807) is 6.07 Å². The van der Waals surface area contributed by atoms with Gasteiger partial charge in [0.15, 0.2) is 5.03 Å². The first kappa shape index (κ1) is 16.8. The number of hydrogen-bond acceptors (Lipinski definition) is 4. The summed E-state index contributed by atoms with van der Waals surface area (Å²) in [7, 11) is -3.49. The van der Waals surface area contributed by atoms with Gasteiger partial charge in [0.1, 0.15) is 0 Å². The van der Waals surface area contributed by atoms with Crippen LogP contribution in [-0.4, -0.2) is 37.3 Å². The van der Waals surface area contributed by atoms with Crippen LogP contribution >= 0.6 is 28.3 Å². The molecule has 1 aliphatic rings. The molecule has 8 heteroatoms. The van der Waals surface area contributed by atoms with Crippen molar-refractivity contribution in [2.45, 2.75) is 18.4 Å². The van der Waals surface area contributed by atoms with Crippen LogP contribution in [0.4, 0.5) is 0 Å².